The normalized spacial score (nSPS) is 21.4. The van der Waals surface area contributed by atoms with E-state index in [-0.39, 0.29) is 31.5 Å². The van der Waals surface area contributed by atoms with Gasteiger partial charge in [-0.2, -0.15) is 0 Å². The van der Waals surface area contributed by atoms with E-state index in [1.807, 2.05) is 0 Å². The first-order chi connectivity index (χ1) is 5.54. The van der Waals surface area contributed by atoms with Crippen molar-refractivity contribution in [1.82, 2.24) is 0 Å². The van der Waals surface area contributed by atoms with Crippen LogP contribution in [-0.4, -0.2) is 16.3 Å². The molecule has 2 unspecified atom stereocenters. The minimum Gasteiger partial charge on any atom is -0.109 e. The molecular weight excluding hydrogens is 301 g/mol. The number of hydrogen-bond acceptors (Lipinski definition) is 0. The molecule has 0 spiro atoms. The Bertz CT molecular complexity index is 212. The summed E-state index contributed by atoms with van der Waals surface area (Å²) in [5, 5.41) is 1.81. The first-order valence-electron chi connectivity index (χ1n) is 3.94. The Hall–Kier alpha value is 1.37. The van der Waals surface area contributed by atoms with Crippen molar-refractivity contribution in [2.45, 2.75) is 33.4 Å². The number of halogens is 2. The molecule has 0 radical (unpaired) electrons. The third-order valence-electron chi connectivity index (χ3n) is 2.24. The van der Waals surface area contributed by atoms with Crippen LogP contribution in [0, 0.1) is 0 Å². The minimum absolute atomic E-state index is 0. The van der Waals surface area contributed by atoms with Gasteiger partial charge in [-0.15, -0.1) is 23.2 Å². The molecule has 1 aliphatic heterocycles. The molecule has 74 valence electrons. The molecule has 13 heavy (non-hydrogen) atoms. The van der Waals surface area contributed by atoms with Crippen molar-refractivity contribution in [3.63, 3.8) is 0 Å². The summed E-state index contributed by atoms with van der Waals surface area (Å²) in [5.41, 5.74) is 4.00. The number of allylic oxidation sites excluding steroid dienone is 2. The standard InChI is InChI=1S/C8H13P.CH2Cl2.Zr/c1-5-6(2)8(4)9-7(5)3;2-1-3;/h7H,1-4H3;1H2;/p+1. The zero-order valence-electron chi connectivity index (χ0n) is 8.54. The Morgan fingerprint density at radius 1 is 1.23 bits per heavy atom. The molecule has 0 amide bonds. The van der Waals surface area contributed by atoms with Gasteiger partial charge in [0.15, 0.2) is 0 Å². The molecule has 0 bridgehead atoms. The first-order valence-corrected chi connectivity index (χ1v) is 6.09. The van der Waals surface area contributed by atoms with Crippen molar-refractivity contribution in [1.29, 1.82) is 0 Å². The summed E-state index contributed by atoms with van der Waals surface area (Å²) < 4.78 is 0. The number of hydrogen-bond donors (Lipinski definition) is 0. The third kappa shape index (κ3) is 5.73. The zero-order chi connectivity index (χ0) is 9.72. The van der Waals surface area contributed by atoms with Crippen molar-refractivity contribution in [2.75, 3.05) is 5.34 Å². The fourth-order valence-corrected chi connectivity index (χ4v) is 2.66. The van der Waals surface area contributed by atoms with Crippen LogP contribution in [-0.2, 0) is 26.2 Å². The van der Waals surface area contributed by atoms with Gasteiger partial charge in [-0.1, -0.05) is 0 Å². The Balaban J connectivity index is 0. The van der Waals surface area contributed by atoms with Gasteiger partial charge >= 0.3 is 0 Å². The van der Waals surface area contributed by atoms with Crippen molar-refractivity contribution < 1.29 is 26.2 Å². The van der Waals surface area contributed by atoms with Gasteiger partial charge in [0.2, 0.25) is 0 Å². The molecule has 1 heterocycles. The molecule has 0 aromatic rings. The smallest absolute Gasteiger partial charge is 0.109 e. The van der Waals surface area contributed by atoms with Gasteiger partial charge in [0.25, 0.3) is 0 Å². The van der Waals surface area contributed by atoms with Crippen LogP contribution in [0.1, 0.15) is 27.7 Å². The van der Waals surface area contributed by atoms with E-state index in [9.17, 15) is 0 Å². The Morgan fingerprint density at radius 3 is 1.69 bits per heavy atom. The summed E-state index contributed by atoms with van der Waals surface area (Å²) >= 11 is 9.53. The van der Waals surface area contributed by atoms with Crippen LogP contribution < -0.4 is 0 Å². The van der Waals surface area contributed by atoms with Crippen LogP contribution in [0.5, 0.6) is 0 Å². The van der Waals surface area contributed by atoms with E-state index in [2.05, 4.69) is 27.7 Å². The van der Waals surface area contributed by atoms with Gasteiger partial charge in [0.05, 0.1) is 13.5 Å². The second-order valence-electron chi connectivity index (χ2n) is 2.90. The summed E-state index contributed by atoms with van der Waals surface area (Å²) in [7, 11) is 1.06. The zero-order valence-corrected chi connectivity index (χ0v) is 13.5. The van der Waals surface area contributed by atoms with Gasteiger partial charge in [-0.3, -0.25) is 0 Å². The van der Waals surface area contributed by atoms with E-state index in [0.717, 1.165) is 13.9 Å². The quantitative estimate of drug-likeness (QED) is 0.468. The average molecular weight is 317 g/mol. The first kappa shape index (κ1) is 16.8. The number of rotatable bonds is 0. The summed E-state index contributed by atoms with van der Waals surface area (Å²) in [6, 6.07) is 0. The molecule has 0 aromatic heterocycles. The molecule has 2 atom stereocenters. The molecule has 1 aliphatic rings. The van der Waals surface area contributed by atoms with Crippen molar-refractivity contribution >= 4 is 36.7 Å². The fraction of sp³-hybridized carbons (Fsp3) is 0.667. The molecule has 0 saturated heterocycles. The van der Waals surface area contributed by atoms with Crippen LogP contribution >= 0.6 is 31.4 Å². The minimum atomic E-state index is 0. The molecule has 0 N–H and O–H groups in total. The maximum atomic E-state index is 4.76. The van der Waals surface area contributed by atoms with E-state index in [4.69, 9.17) is 23.2 Å². The van der Waals surface area contributed by atoms with Gasteiger partial charge in [-0.25, -0.2) is 0 Å². The van der Waals surface area contributed by atoms with Crippen LogP contribution in [0.3, 0.4) is 0 Å². The second-order valence-corrected chi connectivity index (χ2v) is 5.61. The fourth-order valence-electron chi connectivity index (χ4n) is 1.16. The molecule has 1 rings (SSSR count). The SMILES string of the molecule is CC1=[PH+]C(C)C(C)=C1C.ClCCl.[Zr]. The maximum absolute atomic E-state index is 4.76. The van der Waals surface area contributed by atoms with E-state index in [1.165, 1.54) is 0 Å². The van der Waals surface area contributed by atoms with Gasteiger partial charge in [0.1, 0.15) is 11.0 Å². The number of alkyl halides is 2. The van der Waals surface area contributed by atoms with Gasteiger partial charge in [0, 0.05) is 33.1 Å². The van der Waals surface area contributed by atoms with Crippen LogP contribution in [0.4, 0.5) is 0 Å². The van der Waals surface area contributed by atoms with Crippen molar-refractivity contribution in [2.24, 2.45) is 0 Å². The monoisotopic (exact) mass is 315 g/mol. The molecule has 0 fully saturated rings. The van der Waals surface area contributed by atoms with E-state index >= 15 is 0 Å². The predicted molar refractivity (Wildman–Crippen MR) is 63.4 cm³/mol. The van der Waals surface area contributed by atoms with E-state index in [1.54, 1.807) is 16.4 Å². The molecule has 4 heteroatoms. The molecule has 0 aliphatic carbocycles. The molecule has 0 saturated carbocycles. The summed E-state index contributed by atoms with van der Waals surface area (Å²) in [4.78, 5) is 0. The summed E-state index contributed by atoms with van der Waals surface area (Å²) in [5.74, 6) is 0. The molecule has 0 nitrogen and oxygen atoms in total. The average Bonchev–Trinajstić information content (AvgIpc) is 2.20. The topological polar surface area (TPSA) is 0 Å². The molecular formula is C9H16Cl2PZr+. The Labute approximate surface area is 112 Å². The van der Waals surface area contributed by atoms with Crippen LogP contribution in [0.15, 0.2) is 11.1 Å². The predicted octanol–water partition coefficient (Wildman–Crippen LogP) is 4.01. The van der Waals surface area contributed by atoms with Gasteiger partial charge in [-0.05, 0) is 31.9 Å². The third-order valence-corrected chi connectivity index (χ3v) is 3.91. The second kappa shape index (κ2) is 8.66. The van der Waals surface area contributed by atoms with E-state index in [0.29, 0.717) is 0 Å². The van der Waals surface area contributed by atoms with Crippen molar-refractivity contribution in [3.8, 4) is 0 Å². The molecule has 0 aromatic carbocycles. The largest absolute Gasteiger partial charge is 0.133 e. The van der Waals surface area contributed by atoms with Crippen LogP contribution in [0.2, 0.25) is 0 Å². The summed E-state index contributed by atoms with van der Waals surface area (Å²) in [6.45, 7) is 9.05. The Morgan fingerprint density at radius 2 is 1.62 bits per heavy atom. The van der Waals surface area contributed by atoms with Crippen LogP contribution in [0.25, 0.3) is 0 Å². The Kier molecular flexibility index (Phi) is 11.2. The summed E-state index contributed by atoms with van der Waals surface area (Å²) in [6.07, 6.45) is 0. The van der Waals surface area contributed by atoms with Gasteiger partial charge < -0.3 is 0 Å². The van der Waals surface area contributed by atoms with Crippen molar-refractivity contribution in [3.05, 3.63) is 11.1 Å². The van der Waals surface area contributed by atoms with E-state index < -0.39 is 0 Å². The maximum Gasteiger partial charge on any atom is 0.133 e.